The van der Waals surface area contributed by atoms with Crippen LogP contribution in [0.15, 0.2) is 35.3 Å². The minimum Gasteiger partial charge on any atom is -0.494 e. The third-order valence-electron chi connectivity index (χ3n) is 4.70. The predicted octanol–water partition coefficient (Wildman–Crippen LogP) is 3.61. The van der Waals surface area contributed by atoms with E-state index in [1.54, 1.807) is 21.3 Å². The zero-order valence-electron chi connectivity index (χ0n) is 17.7. The summed E-state index contributed by atoms with van der Waals surface area (Å²) < 4.78 is 22.4. The molecule has 0 saturated carbocycles. The SMILES string of the molecule is CCOc1cc2c(cc1CNC(=NC)Nc1ccc(OC)c(OC)c1)OC(C)C2. The van der Waals surface area contributed by atoms with Crippen LogP contribution < -0.4 is 29.6 Å². The van der Waals surface area contributed by atoms with E-state index < -0.39 is 0 Å². The molecule has 1 aliphatic heterocycles. The number of rotatable bonds is 7. The summed E-state index contributed by atoms with van der Waals surface area (Å²) in [6.45, 7) is 5.22. The van der Waals surface area contributed by atoms with Crippen molar-refractivity contribution in [1.82, 2.24) is 5.32 Å². The molecule has 0 radical (unpaired) electrons. The van der Waals surface area contributed by atoms with Gasteiger partial charge >= 0.3 is 0 Å². The summed E-state index contributed by atoms with van der Waals surface area (Å²) in [5, 5.41) is 6.60. The van der Waals surface area contributed by atoms with E-state index in [0.29, 0.717) is 30.6 Å². The molecular formula is C22H29N3O4. The molecule has 7 heteroatoms. The molecule has 0 saturated heterocycles. The molecule has 1 unspecified atom stereocenters. The minimum atomic E-state index is 0.196. The Bertz CT molecular complexity index is 883. The van der Waals surface area contributed by atoms with E-state index in [0.717, 1.165) is 29.2 Å². The molecule has 1 heterocycles. The fourth-order valence-corrected chi connectivity index (χ4v) is 3.32. The van der Waals surface area contributed by atoms with E-state index in [4.69, 9.17) is 18.9 Å². The molecular weight excluding hydrogens is 370 g/mol. The summed E-state index contributed by atoms with van der Waals surface area (Å²) in [7, 11) is 4.95. The van der Waals surface area contributed by atoms with Gasteiger partial charge in [-0.25, -0.2) is 0 Å². The van der Waals surface area contributed by atoms with Crippen LogP contribution in [0.2, 0.25) is 0 Å². The molecule has 0 aromatic heterocycles. The van der Waals surface area contributed by atoms with Crippen LogP contribution in [0.5, 0.6) is 23.0 Å². The molecule has 2 aromatic carbocycles. The monoisotopic (exact) mass is 399 g/mol. The summed E-state index contributed by atoms with van der Waals surface area (Å²) in [5.41, 5.74) is 3.05. The molecule has 0 fully saturated rings. The zero-order chi connectivity index (χ0) is 20.8. The Kier molecular flexibility index (Phi) is 6.69. The van der Waals surface area contributed by atoms with E-state index >= 15 is 0 Å². The van der Waals surface area contributed by atoms with E-state index in [1.807, 2.05) is 25.1 Å². The Hall–Kier alpha value is -3.09. The first-order chi connectivity index (χ1) is 14.1. The second kappa shape index (κ2) is 9.41. The fourth-order valence-electron chi connectivity index (χ4n) is 3.32. The number of nitrogens with one attached hydrogen (secondary N) is 2. The highest BCUT2D eigenvalue weighted by atomic mass is 16.5. The van der Waals surface area contributed by atoms with E-state index in [1.165, 1.54) is 5.56 Å². The van der Waals surface area contributed by atoms with Gasteiger partial charge in [0.2, 0.25) is 0 Å². The number of guanidine groups is 1. The molecule has 29 heavy (non-hydrogen) atoms. The third kappa shape index (κ3) is 4.85. The lowest BCUT2D eigenvalue weighted by atomic mass is 10.1. The molecule has 2 N–H and O–H groups in total. The van der Waals surface area contributed by atoms with Crippen LogP contribution in [0.3, 0.4) is 0 Å². The Morgan fingerprint density at radius 1 is 1.14 bits per heavy atom. The number of ether oxygens (including phenoxy) is 4. The number of nitrogens with zero attached hydrogens (tertiary/aromatic N) is 1. The fraction of sp³-hybridized carbons (Fsp3) is 0.409. The second-order valence-electron chi connectivity index (χ2n) is 6.75. The zero-order valence-corrected chi connectivity index (χ0v) is 17.7. The highest BCUT2D eigenvalue weighted by Crippen LogP contribution is 2.35. The van der Waals surface area contributed by atoms with E-state index in [-0.39, 0.29) is 6.10 Å². The lowest BCUT2D eigenvalue weighted by Crippen LogP contribution is -2.30. The average Bonchev–Trinajstić information content (AvgIpc) is 3.09. The van der Waals surface area contributed by atoms with Gasteiger partial charge in [-0.2, -0.15) is 0 Å². The van der Waals surface area contributed by atoms with Gasteiger partial charge in [-0.1, -0.05) is 0 Å². The molecule has 0 aliphatic carbocycles. The molecule has 2 aromatic rings. The predicted molar refractivity (Wildman–Crippen MR) is 115 cm³/mol. The summed E-state index contributed by atoms with van der Waals surface area (Å²) in [4.78, 5) is 4.31. The number of benzene rings is 2. The van der Waals surface area contributed by atoms with E-state index in [9.17, 15) is 0 Å². The Balaban J connectivity index is 1.72. The van der Waals surface area contributed by atoms with E-state index in [2.05, 4.69) is 34.7 Å². The number of hydrogen-bond acceptors (Lipinski definition) is 5. The molecule has 1 atom stereocenters. The molecule has 0 spiro atoms. The third-order valence-corrected chi connectivity index (χ3v) is 4.70. The van der Waals surface area contributed by atoms with Gasteiger partial charge in [-0.15, -0.1) is 0 Å². The Labute approximate surface area is 172 Å². The second-order valence-corrected chi connectivity index (χ2v) is 6.75. The van der Waals surface area contributed by atoms with Gasteiger partial charge in [0.15, 0.2) is 17.5 Å². The van der Waals surface area contributed by atoms with Crippen molar-refractivity contribution >= 4 is 11.6 Å². The van der Waals surface area contributed by atoms with Crippen LogP contribution in [-0.4, -0.2) is 39.9 Å². The Morgan fingerprint density at radius 3 is 2.62 bits per heavy atom. The van der Waals surface area contributed by atoms with Crippen molar-refractivity contribution in [3.63, 3.8) is 0 Å². The maximum absolute atomic E-state index is 5.90. The van der Waals surface area contributed by atoms with Gasteiger partial charge < -0.3 is 29.6 Å². The lowest BCUT2D eigenvalue weighted by Gasteiger charge is -2.16. The molecule has 156 valence electrons. The summed E-state index contributed by atoms with van der Waals surface area (Å²) in [6, 6.07) is 9.76. The maximum atomic E-state index is 5.90. The maximum Gasteiger partial charge on any atom is 0.195 e. The largest absolute Gasteiger partial charge is 0.494 e. The van der Waals surface area contributed by atoms with Crippen LogP contribution in [0, 0.1) is 0 Å². The number of fused-ring (bicyclic) bond motifs is 1. The summed E-state index contributed by atoms with van der Waals surface area (Å²) in [6.07, 6.45) is 1.10. The molecule has 7 nitrogen and oxygen atoms in total. The minimum absolute atomic E-state index is 0.196. The van der Waals surface area contributed by atoms with Gasteiger partial charge in [0.1, 0.15) is 17.6 Å². The Morgan fingerprint density at radius 2 is 1.93 bits per heavy atom. The lowest BCUT2D eigenvalue weighted by molar-refractivity contribution is 0.254. The first kappa shape index (κ1) is 20.6. The number of anilines is 1. The van der Waals surface area contributed by atoms with Crippen LogP contribution in [-0.2, 0) is 13.0 Å². The van der Waals surface area contributed by atoms with Gasteiger partial charge in [0, 0.05) is 42.9 Å². The van der Waals surface area contributed by atoms with Gasteiger partial charge in [0.25, 0.3) is 0 Å². The molecule has 0 amide bonds. The first-order valence-corrected chi connectivity index (χ1v) is 9.72. The average molecular weight is 399 g/mol. The van der Waals surface area contributed by atoms with Crippen molar-refractivity contribution in [2.45, 2.75) is 32.9 Å². The normalized spacial score (nSPS) is 15.3. The number of methoxy groups -OCH3 is 2. The summed E-state index contributed by atoms with van der Waals surface area (Å²) >= 11 is 0. The quantitative estimate of drug-likeness (QED) is 0.547. The highest BCUT2D eigenvalue weighted by molar-refractivity contribution is 5.93. The van der Waals surface area contributed by atoms with Crippen molar-refractivity contribution in [3.8, 4) is 23.0 Å². The number of hydrogen-bond donors (Lipinski definition) is 2. The molecule has 1 aliphatic rings. The van der Waals surface area contributed by atoms with Crippen LogP contribution in [0.25, 0.3) is 0 Å². The molecule has 0 bridgehead atoms. The highest BCUT2D eigenvalue weighted by Gasteiger charge is 2.22. The van der Waals surface area contributed by atoms with Crippen molar-refractivity contribution in [1.29, 1.82) is 0 Å². The van der Waals surface area contributed by atoms with Crippen molar-refractivity contribution in [2.75, 3.05) is 33.2 Å². The van der Waals surface area contributed by atoms with Crippen LogP contribution in [0.4, 0.5) is 5.69 Å². The first-order valence-electron chi connectivity index (χ1n) is 9.72. The van der Waals surface area contributed by atoms with Crippen molar-refractivity contribution in [3.05, 3.63) is 41.5 Å². The number of aliphatic imine (C=N–C) groups is 1. The molecule has 3 rings (SSSR count). The van der Waals surface area contributed by atoms with Crippen molar-refractivity contribution in [2.24, 2.45) is 4.99 Å². The summed E-state index contributed by atoms with van der Waals surface area (Å²) in [5.74, 6) is 3.76. The topological polar surface area (TPSA) is 73.3 Å². The van der Waals surface area contributed by atoms with Crippen LogP contribution >= 0.6 is 0 Å². The van der Waals surface area contributed by atoms with Crippen LogP contribution in [0.1, 0.15) is 25.0 Å². The smallest absolute Gasteiger partial charge is 0.195 e. The van der Waals surface area contributed by atoms with Gasteiger partial charge in [-0.05, 0) is 38.1 Å². The van der Waals surface area contributed by atoms with Crippen molar-refractivity contribution < 1.29 is 18.9 Å². The van der Waals surface area contributed by atoms with Gasteiger partial charge in [0.05, 0.1) is 20.8 Å². The standard InChI is InChI=1S/C22H29N3O4/c1-6-28-19-10-15-9-14(2)29-20(15)11-16(19)13-24-22(23-3)25-17-7-8-18(26-4)21(12-17)27-5/h7-8,10-12,14H,6,9,13H2,1-5H3,(H2,23,24,25). The van der Waals surface area contributed by atoms with Gasteiger partial charge in [-0.3, -0.25) is 4.99 Å².